The van der Waals surface area contributed by atoms with E-state index in [0.717, 1.165) is 5.92 Å². The number of rotatable bonds is 4. The minimum atomic E-state index is 0.954. The van der Waals surface area contributed by atoms with E-state index in [-0.39, 0.29) is 0 Å². The van der Waals surface area contributed by atoms with Crippen LogP contribution in [0.1, 0.15) is 60.3 Å². The molecule has 0 rings (SSSR count). The Hall–Kier alpha value is -0.260. The van der Waals surface area contributed by atoms with Crippen molar-refractivity contribution in [3.63, 3.8) is 0 Å². The lowest BCUT2D eigenvalue weighted by atomic mass is 10.0. The van der Waals surface area contributed by atoms with Crippen LogP contribution in [0.15, 0.2) is 12.2 Å². The molecule has 0 bridgehead atoms. The molecule has 1 unspecified atom stereocenters. The Labute approximate surface area is 79.1 Å². The summed E-state index contributed by atoms with van der Waals surface area (Å²) in [5.41, 5.74) is 0. The average Bonchev–Trinajstić information content (AvgIpc) is 2.14. The topological polar surface area (TPSA) is 0 Å². The molecule has 12 heavy (non-hydrogen) atoms. The maximum atomic E-state index is 2.33. The molecular weight excluding hydrogens is 144 g/mol. The lowest BCUT2D eigenvalue weighted by Crippen LogP contribution is -1.89. The Morgan fingerprint density at radius 2 is 1.58 bits per heavy atom. The second-order valence-corrected chi connectivity index (χ2v) is 3.32. The Bertz CT molecular complexity index is 78.0. The van der Waals surface area contributed by atoms with Crippen molar-refractivity contribution < 1.29 is 0 Å². The molecule has 0 nitrogen and oxygen atoms in total. The molecule has 0 aromatic rings. The van der Waals surface area contributed by atoms with Gasteiger partial charge in [0, 0.05) is 0 Å². The molecule has 0 amide bonds. The number of allylic oxidation sites excluding steroid dienone is 2. The van der Waals surface area contributed by atoms with Crippen LogP contribution < -0.4 is 0 Å². The smallest absolute Gasteiger partial charge is 0.0445 e. The molecule has 0 N–H and O–H groups in total. The second-order valence-electron chi connectivity index (χ2n) is 3.32. The molecule has 0 aliphatic carbocycles. The average molecular weight is 170 g/mol. The van der Waals surface area contributed by atoms with Gasteiger partial charge >= 0.3 is 0 Å². The van der Waals surface area contributed by atoms with Gasteiger partial charge in [0.15, 0.2) is 0 Å². The van der Waals surface area contributed by atoms with Crippen molar-refractivity contribution in [2.45, 2.75) is 60.3 Å². The lowest BCUT2D eigenvalue weighted by molar-refractivity contribution is 0.492. The minimum Gasteiger partial charge on any atom is -0.0919 e. The highest BCUT2D eigenvalue weighted by Gasteiger charge is 1.94. The summed E-state index contributed by atoms with van der Waals surface area (Å²) in [4.78, 5) is 0. The highest BCUT2D eigenvalue weighted by molar-refractivity contribution is 4.68. The molecule has 0 aliphatic heterocycles. The molecule has 74 valence electrons. The predicted octanol–water partition coefficient (Wildman–Crippen LogP) is 4.81. The normalized spacial score (nSPS) is 12.4. The van der Waals surface area contributed by atoms with E-state index in [0.29, 0.717) is 0 Å². The first-order valence-electron chi connectivity index (χ1n) is 5.30. The van der Waals surface area contributed by atoms with Crippen LogP contribution in [-0.4, -0.2) is 0 Å². The Morgan fingerprint density at radius 1 is 1.08 bits per heavy atom. The van der Waals surface area contributed by atoms with Crippen LogP contribution in [0.5, 0.6) is 0 Å². The second kappa shape index (κ2) is 13.3. The van der Waals surface area contributed by atoms with Gasteiger partial charge in [-0.3, -0.25) is 0 Å². The maximum absolute atomic E-state index is 2.33. The third-order valence-corrected chi connectivity index (χ3v) is 2.08. The highest BCUT2D eigenvalue weighted by atomic mass is 14.0. The third-order valence-electron chi connectivity index (χ3n) is 2.08. The molecule has 0 radical (unpaired) electrons. The first-order chi connectivity index (χ1) is 5.72. The molecule has 0 heterocycles. The van der Waals surface area contributed by atoms with Crippen molar-refractivity contribution in [3.8, 4) is 0 Å². The molecule has 0 aromatic carbocycles. The van der Waals surface area contributed by atoms with E-state index in [1.165, 1.54) is 25.7 Å². The van der Waals surface area contributed by atoms with Crippen LogP contribution in [0.3, 0.4) is 0 Å². The quantitative estimate of drug-likeness (QED) is 0.531. The molecule has 0 fully saturated rings. The fourth-order valence-corrected chi connectivity index (χ4v) is 0.757. The van der Waals surface area contributed by atoms with E-state index in [1.54, 1.807) is 0 Å². The Kier molecular flexibility index (Phi) is 15.9. The first-order valence-corrected chi connectivity index (χ1v) is 5.30. The maximum Gasteiger partial charge on any atom is -0.0445 e. The summed E-state index contributed by atoms with van der Waals surface area (Å²) in [6.07, 6.45) is 9.53. The van der Waals surface area contributed by atoms with Crippen molar-refractivity contribution in [3.05, 3.63) is 12.2 Å². The van der Waals surface area contributed by atoms with Crippen molar-refractivity contribution >= 4 is 0 Å². The fourth-order valence-electron chi connectivity index (χ4n) is 0.757. The lowest BCUT2D eigenvalue weighted by Gasteiger charge is -2.04. The van der Waals surface area contributed by atoms with Gasteiger partial charge in [0.05, 0.1) is 0 Å². The van der Waals surface area contributed by atoms with Gasteiger partial charge in [-0.2, -0.15) is 0 Å². The van der Waals surface area contributed by atoms with Gasteiger partial charge in [-0.15, -0.1) is 0 Å². The minimum absolute atomic E-state index is 0.954. The predicted molar refractivity (Wildman–Crippen MR) is 59.5 cm³/mol. The molecule has 0 aliphatic rings. The van der Waals surface area contributed by atoms with Gasteiger partial charge in [0.2, 0.25) is 0 Å². The summed E-state index contributed by atoms with van der Waals surface area (Å²) in [6, 6.07) is 0. The summed E-state index contributed by atoms with van der Waals surface area (Å²) in [5, 5.41) is 0. The van der Waals surface area contributed by atoms with E-state index in [1.807, 2.05) is 26.0 Å². The van der Waals surface area contributed by atoms with Crippen LogP contribution in [0, 0.1) is 5.92 Å². The number of hydrogen-bond donors (Lipinski definition) is 0. The first kappa shape index (κ1) is 14.3. The van der Waals surface area contributed by atoms with Crippen molar-refractivity contribution in [2.75, 3.05) is 0 Å². The summed E-state index contributed by atoms with van der Waals surface area (Å²) in [6.45, 7) is 10.8. The van der Waals surface area contributed by atoms with Crippen LogP contribution in [0.2, 0.25) is 0 Å². The standard InChI is InChI=1S/C8H18.C4H8/c1-4-6-7-8(3)5-2;1-3-4-2/h8H,4-7H2,1-3H3;3-4H,1-2H3/b;4-3-. The van der Waals surface area contributed by atoms with Gasteiger partial charge in [0.1, 0.15) is 0 Å². The van der Waals surface area contributed by atoms with Crippen LogP contribution in [0.4, 0.5) is 0 Å². The van der Waals surface area contributed by atoms with Crippen molar-refractivity contribution in [1.29, 1.82) is 0 Å². The third kappa shape index (κ3) is 16.4. The van der Waals surface area contributed by atoms with E-state index in [9.17, 15) is 0 Å². The Balaban J connectivity index is 0. The van der Waals surface area contributed by atoms with Gasteiger partial charge < -0.3 is 0 Å². The molecule has 0 spiro atoms. The van der Waals surface area contributed by atoms with Gasteiger partial charge in [-0.25, -0.2) is 0 Å². The van der Waals surface area contributed by atoms with Crippen molar-refractivity contribution in [1.82, 2.24) is 0 Å². The molecule has 0 aromatic heterocycles. The molecule has 0 saturated carbocycles. The van der Waals surface area contributed by atoms with Crippen LogP contribution in [-0.2, 0) is 0 Å². The van der Waals surface area contributed by atoms with Gasteiger partial charge in [-0.05, 0) is 19.8 Å². The monoisotopic (exact) mass is 170 g/mol. The van der Waals surface area contributed by atoms with Crippen LogP contribution >= 0.6 is 0 Å². The molecule has 0 saturated heterocycles. The molecule has 0 heteroatoms. The summed E-state index contributed by atoms with van der Waals surface area (Å²) in [5.74, 6) is 0.954. The zero-order valence-corrected chi connectivity index (χ0v) is 9.56. The number of unbranched alkanes of at least 4 members (excludes halogenated alkanes) is 1. The zero-order valence-electron chi connectivity index (χ0n) is 9.56. The largest absolute Gasteiger partial charge is 0.0919 e. The molecule has 1 atom stereocenters. The van der Waals surface area contributed by atoms with Gasteiger partial charge in [-0.1, -0.05) is 58.6 Å². The van der Waals surface area contributed by atoms with E-state index in [2.05, 4.69) is 20.8 Å². The van der Waals surface area contributed by atoms with E-state index in [4.69, 9.17) is 0 Å². The summed E-state index contributed by atoms with van der Waals surface area (Å²) >= 11 is 0. The van der Waals surface area contributed by atoms with Gasteiger partial charge in [0.25, 0.3) is 0 Å². The summed E-state index contributed by atoms with van der Waals surface area (Å²) in [7, 11) is 0. The molecular formula is C12H26. The fraction of sp³-hybridized carbons (Fsp3) is 0.833. The Morgan fingerprint density at radius 3 is 1.83 bits per heavy atom. The summed E-state index contributed by atoms with van der Waals surface area (Å²) < 4.78 is 0. The zero-order chi connectivity index (χ0) is 9.82. The van der Waals surface area contributed by atoms with E-state index < -0.39 is 0 Å². The van der Waals surface area contributed by atoms with E-state index >= 15 is 0 Å². The SMILES string of the molecule is C/C=C\C.CCCCC(C)CC. The van der Waals surface area contributed by atoms with Crippen LogP contribution in [0.25, 0.3) is 0 Å². The number of hydrogen-bond acceptors (Lipinski definition) is 0. The van der Waals surface area contributed by atoms with Crippen molar-refractivity contribution in [2.24, 2.45) is 5.92 Å². The highest BCUT2D eigenvalue weighted by Crippen LogP contribution is 2.09.